The predicted octanol–water partition coefficient (Wildman–Crippen LogP) is 1.93. The first-order valence-electron chi connectivity index (χ1n) is 7.47. The number of guanidine groups is 1. The van der Waals surface area contributed by atoms with Crippen molar-refractivity contribution in [3.8, 4) is 0 Å². The number of nitrogens with zero attached hydrogens (tertiary/aromatic N) is 2. The minimum absolute atomic E-state index is 0.518. The second-order valence-corrected chi connectivity index (χ2v) is 6.84. The number of hydrogen-bond donors (Lipinski definition) is 1. The molecule has 1 N–H and O–H groups in total. The summed E-state index contributed by atoms with van der Waals surface area (Å²) in [6, 6.07) is 2.16. The molecule has 4 rings (SSSR count). The lowest BCUT2D eigenvalue weighted by Gasteiger charge is -2.23. The van der Waals surface area contributed by atoms with Crippen molar-refractivity contribution in [2.24, 2.45) is 16.8 Å². The van der Waals surface area contributed by atoms with E-state index < -0.39 is 0 Å². The molecule has 4 heterocycles. The number of fused-ring (bicyclic) bond motifs is 5. The van der Waals surface area contributed by atoms with Crippen LogP contribution in [-0.2, 0) is 11.3 Å². The highest BCUT2D eigenvalue weighted by molar-refractivity contribution is 7.07. The topological polar surface area (TPSA) is 36.9 Å². The van der Waals surface area contributed by atoms with Crippen LogP contribution in [0.2, 0.25) is 0 Å². The van der Waals surface area contributed by atoms with Gasteiger partial charge in [0.05, 0.1) is 12.2 Å². The minimum atomic E-state index is 0.518. The third-order valence-corrected chi connectivity index (χ3v) is 5.73. The van der Waals surface area contributed by atoms with E-state index in [2.05, 4.69) is 32.0 Å². The highest BCUT2D eigenvalue weighted by Gasteiger charge is 2.53. The van der Waals surface area contributed by atoms with Crippen molar-refractivity contribution in [1.82, 2.24) is 10.2 Å². The molecule has 3 aliphatic rings. The van der Waals surface area contributed by atoms with E-state index in [1.54, 1.807) is 11.3 Å². The van der Waals surface area contributed by atoms with Crippen LogP contribution in [0.3, 0.4) is 0 Å². The van der Waals surface area contributed by atoms with Gasteiger partial charge < -0.3 is 15.0 Å². The second kappa shape index (κ2) is 5.04. The maximum absolute atomic E-state index is 6.03. The zero-order valence-electron chi connectivity index (χ0n) is 11.8. The summed E-state index contributed by atoms with van der Waals surface area (Å²) in [5.41, 5.74) is 1.33. The van der Waals surface area contributed by atoms with Gasteiger partial charge >= 0.3 is 0 Å². The molecule has 2 bridgehead atoms. The highest BCUT2D eigenvalue weighted by Crippen LogP contribution is 2.47. The molecular formula is C15H21N3OS. The van der Waals surface area contributed by atoms with E-state index in [4.69, 9.17) is 4.74 Å². The van der Waals surface area contributed by atoms with Gasteiger partial charge in [0.25, 0.3) is 0 Å². The van der Waals surface area contributed by atoms with Gasteiger partial charge in [0.1, 0.15) is 0 Å². The molecule has 3 saturated heterocycles. The average molecular weight is 291 g/mol. The van der Waals surface area contributed by atoms with E-state index in [0.717, 1.165) is 37.4 Å². The normalized spacial score (nSPS) is 35.6. The van der Waals surface area contributed by atoms with E-state index in [1.165, 1.54) is 18.4 Å². The Hall–Kier alpha value is -1.07. The summed E-state index contributed by atoms with van der Waals surface area (Å²) in [6.45, 7) is 3.08. The van der Waals surface area contributed by atoms with Crippen LogP contribution in [0.4, 0.5) is 0 Å². The van der Waals surface area contributed by atoms with Crippen LogP contribution in [-0.4, -0.2) is 43.2 Å². The fourth-order valence-corrected chi connectivity index (χ4v) is 4.71. The Kier molecular flexibility index (Phi) is 3.19. The lowest BCUT2D eigenvalue weighted by molar-refractivity contribution is 0.0767. The van der Waals surface area contributed by atoms with Crippen LogP contribution in [0.15, 0.2) is 21.8 Å². The summed E-state index contributed by atoms with van der Waals surface area (Å²) in [4.78, 5) is 6.89. The Morgan fingerprint density at radius 2 is 2.15 bits per heavy atom. The third-order valence-electron chi connectivity index (χ3n) is 4.99. The number of thiophene rings is 1. The summed E-state index contributed by atoms with van der Waals surface area (Å²) in [5.74, 6) is 2.51. The van der Waals surface area contributed by atoms with Crippen molar-refractivity contribution in [3.63, 3.8) is 0 Å². The number of likely N-dealkylation sites (tertiary alicyclic amines) is 1. The van der Waals surface area contributed by atoms with E-state index in [-0.39, 0.29) is 0 Å². The first-order valence-corrected chi connectivity index (χ1v) is 8.41. The molecule has 0 aliphatic carbocycles. The maximum atomic E-state index is 6.03. The third kappa shape index (κ3) is 2.04. The summed E-state index contributed by atoms with van der Waals surface area (Å²) in [5, 5.41) is 7.80. The molecule has 4 nitrogen and oxygen atoms in total. The molecule has 0 saturated carbocycles. The molecule has 4 unspecified atom stereocenters. The van der Waals surface area contributed by atoms with Crippen LogP contribution >= 0.6 is 11.3 Å². The number of ether oxygens (including phenoxy) is 1. The number of nitrogens with one attached hydrogen (secondary N) is 1. The van der Waals surface area contributed by atoms with Gasteiger partial charge in [-0.1, -0.05) is 0 Å². The zero-order valence-corrected chi connectivity index (χ0v) is 12.6. The summed E-state index contributed by atoms with van der Waals surface area (Å²) >= 11 is 1.74. The number of rotatable bonds is 2. The Morgan fingerprint density at radius 1 is 1.40 bits per heavy atom. The first kappa shape index (κ1) is 12.7. The van der Waals surface area contributed by atoms with Crippen LogP contribution in [0.1, 0.15) is 18.4 Å². The van der Waals surface area contributed by atoms with Gasteiger partial charge in [-0.3, -0.25) is 4.99 Å². The van der Waals surface area contributed by atoms with Gasteiger partial charge in [-0.2, -0.15) is 11.3 Å². The van der Waals surface area contributed by atoms with Gasteiger partial charge in [0.15, 0.2) is 5.96 Å². The molecule has 4 atom stereocenters. The standard InChI is InChI=1S/C15H21N3OS/c1-16-15(17-6-10-4-5-20-9-10)18-7-11-12(8-18)14-3-2-13(11)19-14/h4-5,9,11-14H,2-3,6-8H2,1H3,(H,16,17). The molecule has 0 spiro atoms. The average Bonchev–Trinajstić information content (AvgIpc) is 3.22. The molecule has 0 aromatic carbocycles. The Labute approximate surface area is 123 Å². The Morgan fingerprint density at radius 3 is 2.75 bits per heavy atom. The minimum Gasteiger partial charge on any atom is -0.374 e. The SMILES string of the molecule is CN=C(NCc1ccsc1)N1CC2C3CCC(O3)C2C1. The van der Waals surface area contributed by atoms with Gasteiger partial charge in [0, 0.05) is 38.5 Å². The maximum Gasteiger partial charge on any atom is 0.193 e. The van der Waals surface area contributed by atoms with E-state index in [9.17, 15) is 0 Å². The van der Waals surface area contributed by atoms with Gasteiger partial charge in [-0.15, -0.1) is 0 Å². The molecule has 3 fully saturated rings. The molecule has 20 heavy (non-hydrogen) atoms. The summed E-state index contributed by atoms with van der Waals surface area (Å²) in [6.07, 6.45) is 3.57. The van der Waals surface area contributed by atoms with Crippen molar-refractivity contribution >= 4 is 17.3 Å². The monoisotopic (exact) mass is 291 g/mol. The van der Waals surface area contributed by atoms with Crippen molar-refractivity contribution in [2.75, 3.05) is 20.1 Å². The largest absolute Gasteiger partial charge is 0.374 e. The zero-order chi connectivity index (χ0) is 13.5. The summed E-state index contributed by atoms with van der Waals surface area (Å²) < 4.78 is 6.03. The molecule has 108 valence electrons. The lowest BCUT2D eigenvalue weighted by Crippen LogP contribution is -2.40. The van der Waals surface area contributed by atoms with Crippen LogP contribution in [0.5, 0.6) is 0 Å². The molecule has 0 amide bonds. The molecular weight excluding hydrogens is 270 g/mol. The quantitative estimate of drug-likeness (QED) is 0.668. The summed E-state index contributed by atoms with van der Waals surface area (Å²) in [7, 11) is 1.88. The number of aliphatic imine (C=N–C) groups is 1. The first-order chi connectivity index (χ1) is 9.85. The van der Waals surface area contributed by atoms with Gasteiger partial charge in [-0.25, -0.2) is 0 Å². The molecule has 1 aromatic heterocycles. The van der Waals surface area contributed by atoms with Crippen molar-refractivity contribution in [1.29, 1.82) is 0 Å². The van der Waals surface area contributed by atoms with E-state index in [1.807, 2.05) is 7.05 Å². The smallest absolute Gasteiger partial charge is 0.193 e. The van der Waals surface area contributed by atoms with Crippen molar-refractivity contribution in [2.45, 2.75) is 31.6 Å². The Balaban J connectivity index is 1.40. The number of hydrogen-bond acceptors (Lipinski definition) is 3. The van der Waals surface area contributed by atoms with E-state index in [0.29, 0.717) is 12.2 Å². The molecule has 0 radical (unpaired) electrons. The molecule has 3 aliphatic heterocycles. The Bertz CT molecular complexity index is 483. The van der Waals surface area contributed by atoms with Crippen LogP contribution in [0.25, 0.3) is 0 Å². The lowest BCUT2D eigenvalue weighted by atomic mass is 9.82. The fraction of sp³-hybridized carbons (Fsp3) is 0.667. The van der Waals surface area contributed by atoms with E-state index >= 15 is 0 Å². The second-order valence-electron chi connectivity index (χ2n) is 6.06. The predicted molar refractivity (Wildman–Crippen MR) is 81.0 cm³/mol. The highest BCUT2D eigenvalue weighted by atomic mass is 32.1. The molecule has 1 aromatic rings. The fourth-order valence-electron chi connectivity index (χ4n) is 4.04. The van der Waals surface area contributed by atoms with Gasteiger partial charge in [-0.05, 0) is 35.2 Å². The van der Waals surface area contributed by atoms with Crippen molar-refractivity contribution in [3.05, 3.63) is 22.4 Å². The molecule has 5 heteroatoms. The van der Waals surface area contributed by atoms with Crippen LogP contribution in [0, 0.1) is 11.8 Å². The van der Waals surface area contributed by atoms with Crippen molar-refractivity contribution < 1.29 is 4.74 Å². The van der Waals surface area contributed by atoms with Crippen LogP contribution < -0.4 is 5.32 Å². The van der Waals surface area contributed by atoms with Gasteiger partial charge in [0.2, 0.25) is 0 Å².